The fraction of sp³-hybridized carbons (Fsp3) is 0.571. The molecule has 4 aliphatic carbocycles. The number of ketones is 1. The monoisotopic (exact) mass is 363 g/mol. The van der Waals surface area contributed by atoms with Gasteiger partial charge in [0.2, 0.25) is 0 Å². The maximum Gasteiger partial charge on any atom is 0.165 e. The van der Waals surface area contributed by atoms with Gasteiger partial charge < -0.3 is 20.5 Å². The number of nitrogens with two attached hydrogens (primary N) is 1. The van der Waals surface area contributed by atoms with Crippen LogP contribution >= 0.6 is 0 Å². The van der Waals surface area contributed by atoms with Gasteiger partial charge in [0.1, 0.15) is 17.5 Å². The van der Waals surface area contributed by atoms with Gasteiger partial charge in [0.15, 0.2) is 5.78 Å². The van der Waals surface area contributed by atoms with Gasteiger partial charge in [0.05, 0.1) is 35.8 Å². The molecule has 9 bridgehead atoms. The van der Waals surface area contributed by atoms with E-state index in [9.17, 15) is 4.79 Å². The van der Waals surface area contributed by atoms with Crippen molar-refractivity contribution in [2.45, 2.75) is 47.7 Å². The fourth-order valence-corrected chi connectivity index (χ4v) is 8.98. The van der Waals surface area contributed by atoms with E-state index in [0.29, 0.717) is 0 Å². The molecule has 7 fully saturated rings. The summed E-state index contributed by atoms with van der Waals surface area (Å²) in [6, 6.07) is 6.51. The molecular formula is C21H21N3O3. The number of carbonyl (C=O) groups is 1. The Morgan fingerprint density at radius 2 is 2.26 bits per heavy atom. The Bertz CT molecular complexity index is 1020. The van der Waals surface area contributed by atoms with Gasteiger partial charge in [-0.25, -0.2) is 0 Å². The van der Waals surface area contributed by atoms with Crippen molar-refractivity contribution < 1.29 is 14.3 Å². The molecule has 5 heterocycles. The van der Waals surface area contributed by atoms with E-state index in [4.69, 9.17) is 15.2 Å². The van der Waals surface area contributed by atoms with Crippen molar-refractivity contribution in [1.29, 1.82) is 0 Å². The molecule has 4 saturated carbocycles. The highest BCUT2D eigenvalue weighted by atomic mass is 16.5. The molecular weight excluding hydrogens is 342 g/mol. The Balaban J connectivity index is 1.58. The Morgan fingerprint density at radius 1 is 1.37 bits per heavy atom. The molecule has 0 radical (unpaired) electrons. The molecule has 10 rings (SSSR count). The molecule has 3 spiro atoms. The van der Waals surface area contributed by atoms with E-state index in [1.54, 1.807) is 7.11 Å². The highest BCUT2D eigenvalue weighted by Gasteiger charge is 2.97. The molecule has 0 amide bonds. The van der Waals surface area contributed by atoms with Gasteiger partial charge in [-0.05, 0) is 24.5 Å². The molecule has 6 nitrogen and oxygen atoms in total. The van der Waals surface area contributed by atoms with Crippen molar-refractivity contribution in [3.63, 3.8) is 0 Å². The number of para-hydroxylation sites is 1. The van der Waals surface area contributed by atoms with E-state index in [1.807, 2.05) is 6.07 Å². The number of rotatable bonds is 1. The molecule has 138 valence electrons. The lowest BCUT2D eigenvalue weighted by atomic mass is 9.39. The smallest absolute Gasteiger partial charge is 0.165 e. The maximum atomic E-state index is 13.9. The lowest BCUT2D eigenvalue weighted by Gasteiger charge is -2.72. The number of hydrogen-bond acceptors (Lipinski definition) is 6. The number of ether oxygens (including phenoxy) is 2. The summed E-state index contributed by atoms with van der Waals surface area (Å²) in [6.07, 6.45) is 6.13. The average molecular weight is 363 g/mol. The van der Waals surface area contributed by atoms with Gasteiger partial charge in [-0.15, -0.1) is 0 Å². The van der Waals surface area contributed by atoms with Gasteiger partial charge >= 0.3 is 0 Å². The molecule has 5 aliphatic heterocycles. The first-order valence-electron chi connectivity index (χ1n) is 9.96. The number of nitrogens with zero attached hydrogens (tertiary/aromatic N) is 1. The van der Waals surface area contributed by atoms with Crippen LogP contribution in [0.3, 0.4) is 0 Å². The number of carbonyl (C=O) groups excluding carboxylic acids is 1. The second-order valence-electron chi connectivity index (χ2n) is 9.51. The minimum absolute atomic E-state index is 0.152. The zero-order valence-corrected chi connectivity index (χ0v) is 15.1. The van der Waals surface area contributed by atoms with Gasteiger partial charge in [0, 0.05) is 18.0 Å². The first kappa shape index (κ1) is 14.2. The molecule has 1 aromatic rings. The molecule has 9 atom stereocenters. The molecule has 3 N–H and O–H groups in total. The van der Waals surface area contributed by atoms with E-state index in [-0.39, 0.29) is 40.9 Å². The zero-order chi connectivity index (χ0) is 18.0. The van der Waals surface area contributed by atoms with Crippen LogP contribution in [0.15, 0.2) is 30.4 Å². The van der Waals surface area contributed by atoms with Gasteiger partial charge in [-0.3, -0.25) is 9.69 Å². The van der Waals surface area contributed by atoms with Crippen LogP contribution in [-0.2, 0) is 14.9 Å². The van der Waals surface area contributed by atoms with Crippen LogP contribution in [0, 0.1) is 11.3 Å². The average Bonchev–Trinajstić information content (AvgIpc) is 3.15. The summed E-state index contributed by atoms with van der Waals surface area (Å²) in [4.78, 5) is 16.3. The van der Waals surface area contributed by atoms with Crippen LogP contribution in [0.4, 0.5) is 5.69 Å². The highest BCUT2D eigenvalue weighted by Crippen LogP contribution is 2.83. The SMILES string of the molecule is COc1cccc2c1N[C@]13CC[C@]45C=CCN6[C@@H]7O[C@H]4[C@]1(N)C(=O)[C@@H]7[C@]23[C@@H]65. The number of fused-ring (bicyclic) bond motifs is 2. The number of hydrogen-bond donors (Lipinski definition) is 2. The van der Waals surface area contributed by atoms with Crippen molar-refractivity contribution in [2.75, 3.05) is 19.0 Å². The second kappa shape index (κ2) is 3.56. The fourth-order valence-electron chi connectivity index (χ4n) is 8.98. The Kier molecular flexibility index (Phi) is 1.87. The predicted octanol–water partition coefficient (Wildman–Crippen LogP) is 0.766. The van der Waals surface area contributed by atoms with E-state index in [0.717, 1.165) is 30.8 Å². The quantitative estimate of drug-likeness (QED) is 0.718. The van der Waals surface area contributed by atoms with Crippen molar-refractivity contribution >= 4 is 11.5 Å². The molecule has 27 heavy (non-hydrogen) atoms. The summed E-state index contributed by atoms with van der Waals surface area (Å²) < 4.78 is 12.4. The standard InChI is InChI=1S/C21H21N3O3/c1-26-11-5-2-4-10-13(11)23-19-8-7-18-6-3-9-24-15-12(20(10,19)16(18)24)14(25)21(19,22)17(18)27-15/h2-6,12,15-17,23H,7-9,22H2,1H3/t12-,15+,16-,17+,18-,19-,20-,21+/m0/s1. The number of methoxy groups -OCH3 is 1. The minimum Gasteiger partial charge on any atom is -0.495 e. The lowest BCUT2D eigenvalue weighted by molar-refractivity contribution is -0.267. The van der Waals surface area contributed by atoms with Gasteiger partial charge in [-0.1, -0.05) is 24.3 Å². The number of nitrogens with one attached hydrogen (secondary N) is 1. The highest BCUT2D eigenvalue weighted by molar-refractivity contribution is 6.05. The van der Waals surface area contributed by atoms with Crippen LogP contribution in [0.25, 0.3) is 0 Å². The topological polar surface area (TPSA) is 76.8 Å². The van der Waals surface area contributed by atoms with Crippen molar-refractivity contribution in [3.05, 3.63) is 35.9 Å². The molecule has 1 aromatic carbocycles. The normalized spacial score (nSPS) is 58.6. The summed E-state index contributed by atoms with van der Waals surface area (Å²) in [5.41, 5.74) is 7.43. The molecule has 9 aliphatic rings. The van der Waals surface area contributed by atoms with Crippen molar-refractivity contribution in [3.8, 4) is 5.75 Å². The van der Waals surface area contributed by atoms with E-state index in [2.05, 4.69) is 34.5 Å². The van der Waals surface area contributed by atoms with E-state index >= 15 is 0 Å². The number of anilines is 1. The lowest BCUT2D eigenvalue weighted by Crippen LogP contribution is -2.90. The van der Waals surface area contributed by atoms with Crippen molar-refractivity contribution in [1.82, 2.24) is 4.90 Å². The molecule has 3 saturated heterocycles. The largest absolute Gasteiger partial charge is 0.495 e. The summed E-state index contributed by atoms with van der Waals surface area (Å²) in [5, 5.41) is 3.82. The summed E-state index contributed by atoms with van der Waals surface area (Å²) in [5.74, 6) is 0.860. The molecule has 1 unspecified atom stereocenters. The first-order chi connectivity index (χ1) is 13.1. The molecule has 0 aromatic heterocycles. The Morgan fingerprint density at radius 3 is 3.11 bits per heavy atom. The third-order valence-corrected chi connectivity index (χ3v) is 9.36. The van der Waals surface area contributed by atoms with Gasteiger partial charge in [0.25, 0.3) is 0 Å². The van der Waals surface area contributed by atoms with Crippen LogP contribution in [0.5, 0.6) is 5.75 Å². The number of Topliss-reactive ketones (excluding diaryl/α,β-unsaturated/α-hetero) is 1. The van der Waals surface area contributed by atoms with Crippen molar-refractivity contribution in [2.24, 2.45) is 17.1 Å². The minimum atomic E-state index is -0.985. The predicted molar refractivity (Wildman–Crippen MR) is 96.4 cm³/mol. The third-order valence-electron chi connectivity index (χ3n) is 9.36. The third kappa shape index (κ3) is 0.921. The number of benzene rings is 1. The Hall–Kier alpha value is -1.89. The first-order valence-corrected chi connectivity index (χ1v) is 9.96. The van der Waals surface area contributed by atoms with Crippen LogP contribution in [-0.4, -0.2) is 53.8 Å². The van der Waals surface area contributed by atoms with E-state index in [1.165, 1.54) is 5.56 Å². The van der Waals surface area contributed by atoms with Crippen LogP contribution in [0.1, 0.15) is 18.4 Å². The summed E-state index contributed by atoms with van der Waals surface area (Å²) in [6.45, 7) is 0.849. The summed E-state index contributed by atoms with van der Waals surface area (Å²) in [7, 11) is 1.71. The Labute approximate surface area is 156 Å². The summed E-state index contributed by atoms with van der Waals surface area (Å²) >= 11 is 0. The van der Waals surface area contributed by atoms with Crippen LogP contribution < -0.4 is 15.8 Å². The van der Waals surface area contributed by atoms with Gasteiger partial charge in [-0.2, -0.15) is 0 Å². The second-order valence-corrected chi connectivity index (χ2v) is 9.51. The maximum absolute atomic E-state index is 13.9. The van der Waals surface area contributed by atoms with Crippen LogP contribution in [0.2, 0.25) is 0 Å². The molecule has 6 heteroatoms. The zero-order valence-electron chi connectivity index (χ0n) is 15.1. The van der Waals surface area contributed by atoms with E-state index < -0.39 is 11.1 Å².